The van der Waals surface area contributed by atoms with Gasteiger partial charge >= 0.3 is 0 Å². The first kappa shape index (κ1) is 11.0. The Kier molecular flexibility index (Phi) is 3.10. The molecule has 0 spiro atoms. The summed E-state index contributed by atoms with van der Waals surface area (Å²) in [5.74, 6) is -0.338. The average molecular weight is 240 g/mol. The lowest BCUT2D eigenvalue weighted by Gasteiger charge is -2.07. The van der Waals surface area contributed by atoms with Crippen molar-refractivity contribution in [1.82, 2.24) is 10.2 Å². The maximum atomic E-state index is 12.8. The van der Waals surface area contributed by atoms with E-state index < -0.39 is 0 Å². The number of aromatic amines is 1. The minimum Gasteiger partial charge on any atom is -0.380 e. The van der Waals surface area contributed by atoms with Crippen molar-refractivity contribution in [1.29, 1.82) is 0 Å². The van der Waals surface area contributed by atoms with Crippen LogP contribution in [0.2, 0.25) is 5.02 Å². The van der Waals surface area contributed by atoms with Crippen molar-refractivity contribution in [2.45, 2.75) is 13.5 Å². The second-order valence-corrected chi connectivity index (χ2v) is 3.91. The summed E-state index contributed by atoms with van der Waals surface area (Å²) in [7, 11) is 0. The molecule has 1 heterocycles. The highest BCUT2D eigenvalue weighted by molar-refractivity contribution is 6.33. The summed E-state index contributed by atoms with van der Waals surface area (Å²) in [6.45, 7) is 2.55. The van der Waals surface area contributed by atoms with Crippen LogP contribution in [0.5, 0.6) is 0 Å². The molecule has 0 unspecified atom stereocenters. The third-order valence-electron chi connectivity index (χ3n) is 2.33. The fraction of sp³-hybridized carbons (Fsp3) is 0.182. The van der Waals surface area contributed by atoms with Crippen LogP contribution in [0.4, 0.5) is 10.1 Å². The standard InChI is InChI=1S/C11H11ClFN3/c1-7-8(6-15-16-7)5-14-11-3-2-9(13)4-10(11)12/h2-4,6,14H,5H2,1H3,(H,15,16). The van der Waals surface area contributed by atoms with E-state index in [0.29, 0.717) is 17.3 Å². The molecule has 0 aliphatic rings. The number of hydrogen-bond donors (Lipinski definition) is 2. The fourth-order valence-electron chi connectivity index (χ4n) is 1.38. The number of nitrogens with one attached hydrogen (secondary N) is 2. The van der Waals surface area contributed by atoms with Gasteiger partial charge in [0.25, 0.3) is 0 Å². The molecule has 2 aromatic rings. The van der Waals surface area contributed by atoms with E-state index in [9.17, 15) is 4.39 Å². The number of anilines is 1. The van der Waals surface area contributed by atoms with Gasteiger partial charge in [0.15, 0.2) is 0 Å². The summed E-state index contributed by atoms with van der Waals surface area (Å²) in [5.41, 5.74) is 2.77. The molecular formula is C11H11ClFN3. The van der Waals surface area contributed by atoms with Crippen LogP contribution in [0, 0.1) is 12.7 Å². The molecule has 2 N–H and O–H groups in total. The van der Waals surface area contributed by atoms with Crippen LogP contribution in [0.15, 0.2) is 24.4 Å². The monoisotopic (exact) mass is 239 g/mol. The molecule has 1 aromatic heterocycles. The first-order chi connectivity index (χ1) is 7.66. The first-order valence-electron chi connectivity index (χ1n) is 4.84. The van der Waals surface area contributed by atoms with Crippen LogP contribution in [0.25, 0.3) is 0 Å². The van der Waals surface area contributed by atoms with E-state index in [-0.39, 0.29) is 5.82 Å². The molecule has 0 saturated carbocycles. The van der Waals surface area contributed by atoms with Gasteiger partial charge in [-0.05, 0) is 25.1 Å². The molecular weight excluding hydrogens is 229 g/mol. The summed E-state index contributed by atoms with van der Waals surface area (Å²) < 4.78 is 12.8. The molecule has 84 valence electrons. The molecule has 3 nitrogen and oxygen atoms in total. The zero-order valence-electron chi connectivity index (χ0n) is 8.72. The lowest BCUT2D eigenvalue weighted by atomic mass is 10.2. The predicted octanol–water partition coefficient (Wildman–Crippen LogP) is 3.12. The van der Waals surface area contributed by atoms with Crippen LogP contribution < -0.4 is 5.32 Å². The van der Waals surface area contributed by atoms with Crippen molar-refractivity contribution >= 4 is 17.3 Å². The molecule has 0 bridgehead atoms. The normalized spacial score (nSPS) is 10.4. The van der Waals surface area contributed by atoms with Crippen molar-refractivity contribution in [2.75, 3.05) is 5.32 Å². The molecule has 0 atom stereocenters. The Morgan fingerprint density at radius 3 is 2.94 bits per heavy atom. The molecule has 0 radical (unpaired) electrons. The molecule has 0 aliphatic heterocycles. The maximum absolute atomic E-state index is 12.8. The van der Waals surface area contributed by atoms with E-state index >= 15 is 0 Å². The van der Waals surface area contributed by atoms with E-state index in [0.717, 1.165) is 11.3 Å². The molecule has 0 amide bonds. The van der Waals surface area contributed by atoms with Gasteiger partial charge in [-0.15, -0.1) is 0 Å². The maximum Gasteiger partial charge on any atom is 0.124 e. The smallest absolute Gasteiger partial charge is 0.124 e. The summed E-state index contributed by atoms with van der Waals surface area (Å²) in [6, 6.07) is 4.27. The highest BCUT2D eigenvalue weighted by atomic mass is 35.5. The van der Waals surface area contributed by atoms with Crippen molar-refractivity contribution in [3.63, 3.8) is 0 Å². The van der Waals surface area contributed by atoms with Crippen molar-refractivity contribution < 1.29 is 4.39 Å². The van der Waals surface area contributed by atoms with Gasteiger partial charge in [-0.3, -0.25) is 5.10 Å². The second kappa shape index (κ2) is 4.53. The van der Waals surface area contributed by atoms with E-state index in [2.05, 4.69) is 15.5 Å². The van der Waals surface area contributed by atoms with Gasteiger partial charge in [0.05, 0.1) is 16.9 Å². The van der Waals surface area contributed by atoms with Crippen LogP contribution in [0.1, 0.15) is 11.3 Å². The zero-order chi connectivity index (χ0) is 11.5. The summed E-state index contributed by atoms with van der Waals surface area (Å²) >= 11 is 5.88. The Hall–Kier alpha value is -1.55. The Balaban J connectivity index is 2.08. The van der Waals surface area contributed by atoms with Gasteiger partial charge in [-0.25, -0.2) is 4.39 Å². The fourth-order valence-corrected chi connectivity index (χ4v) is 1.61. The number of hydrogen-bond acceptors (Lipinski definition) is 2. The summed E-state index contributed by atoms with van der Waals surface area (Å²) in [4.78, 5) is 0. The van der Waals surface area contributed by atoms with Crippen molar-refractivity contribution in [3.05, 3.63) is 46.5 Å². The van der Waals surface area contributed by atoms with Gasteiger partial charge in [0.1, 0.15) is 5.82 Å². The first-order valence-corrected chi connectivity index (χ1v) is 5.22. The third kappa shape index (κ3) is 2.33. The molecule has 0 saturated heterocycles. The Morgan fingerprint density at radius 2 is 2.31 bits per heavy atom. The summed E-state index contributed by atoms with van der Waals surface area (Å²) in [5, 5.41) is 10.3. The van der Waals surface area contributed by atoms with E-state index in [4.69, 9.17) is 11.6 Å². The van der Waals surface area contributed by atoms with Gasteiger partial charge in [0.2, 0.25) is 0 Å². The van der Waals surface area contributed by atoms with E-state index in [1.165, 1.54) is 12.1 Å². The second-order valence-electron chi connectivity index (χ2n) is 3.50. The summed E-state index contributed by atoms with van der Waals surface area (Å²) in [6.07, 6.45) is 1.75. The molecule has 1 aromatic carbocycles. The number of rotatable bonds is 3. The zero-order valence-corrected chi connectivity index (χ0v) is 9.48. The van der Waals surface area contributed by atoms with Crippen molar-refractivity contribution in [2.24, 2.45) is 0 Å². The van der Waals surface area contributed by atoms with E-state index in [1.807, 2.05) is 6.92 Å². The number of aryl methyl sites for hydroxylation is 1. The quantitative estimate of drug-likeness (QED) is 0.864. The van der Waals surface area contributed by atoms with Gasteiger partial charge in [-0.1, -0.05) is 11.6 Å². The Morgan fingerprint density at radius 1 is 1.50 bits per heavy atom. The van der Waals surface area contributed by atoms with Crippen LogP contribution in [0.3, 0.4) is 0 Å². The average Bonchev–Trinajstić information content (AvgIpc) is 2.63. The van der Waals surface area contributed by atoms with Gasteiger partial charge < -0.3 is 5.32 Å². The highest BCUT2D eigenvalue weighted by Crippen LogP contribution is 2.23. The van der Waals surface area contributed by atoms with Gasteiger partial charge in [-0.2, -0.15) is 5.10 Å². The van der Waals surface area contributed by atoms with Crippen LogP contribution in [-0.2, 0) is 6.54 Å². The molecule has 0 fully saturated rings. The molecule has 2 rings (SSSR count). The number of aromatic nitrogens is 2. The van der Waals surface area contributed by atoms with Crippen LogP contribution >= 0.6 is 11.6 Å². The van der Waals surface area contributed by atoms with Gasteiger partial charge in [0, 0.05) is 17.8 Å². The third-order valence-corrected chi connectivity index (χ3v) is 2.65. The molecule has 16 heavy (non-hydrogen) atoms. The lowest BCUT2D eigenvalue weighted by Crippen LogP contribution is -2.00. The predicted molar refractivity (Wildman–Crippen MR) is 62.1 cm³/mol. The number of benzene rings is 1. The Labute approximate surface area is 97.6 Å². The topological polar surface area (TPSA) is 40.7 Å². The number of H-pyrrole nitrogens is 1. The van der Waals surface area contributed by atoms with Crippen LogP contribution in [-0.4, -0.2) is 10.2 Å². The van der Waals surface area contributed by atoms with E-state index in [1.54, 1.807) is 12.3 Å². The largest absolute Gasteiger partial charge is 0.380 e. The van der Waals surface area contributed by atoms with Crippen molar-refractivity contribution in [3.8, 4) is 0 Å². The molecule has 0 aliphatic carbocycles. The lowest BCUT2D eigenvalue weighted by molar-refractivity contribution is 0.628. The minimum atomic E-state index is -0.338. The number of halogens is 2. The molecule has 5 heteroatoms. The SMILES string of the molecule is Cc1[nH]ncc1CNc1ccc(F)cc1Cl. The minimum absolute atomic E-state index is 0.338. The Bertz CT molecular complexity index is 496. The number of nitrogens with zero attached hydrogens (tertiary/aromatic N) is 1. The highest BCUT2D eigenvalue weighted by Gasteiger charge is 2.03.